The first-order chi connectivity index (χ1) is 19.4. The highest BCUT2D eigenvalue weighted by Gasteiger charge is 2.78. The Hall–Kier alpha value is -2.15. The third kappa shape index (κ3) is 4.59. The molecule has 0 amide bonds. The number of hydrogen-bond donors (Lipinski definition) is 0. The van der Waals surface area contributed by atoms with Crippen molar-refractivity contribution in [3.8, 4) is 0 Å². The zero-order chi connectivity index (χ0) is 31.1. The molecule has 0 spiro atoms. The Morgan fingerprint density at radius 2 is 1.57 bits per heavy atom. The van der Waals surface area contributed by atoms with E-state index in [2.05, 4.69) is 54.2 Å². The average Bonchev–Trinajstić information content (AvgIpc) is 3.50. The van der Waals surface area contributed by atoms with Crippen molar-refractivity contribution < 1.29 is 33.3 Å². The van der Waals surface area contributed by atoms with Gasteiger partial charge in [0, 0.05) is 25.2 Å². The lowest BCUT2D eigenvalue weighted by Crippen LogP contribution is -2.60. The standard InChI is InChI=1S/C35H52O7/c1-21-11-12-26-31(6,7)28(41-23(3)37)25(40-22(2)36)19-32(26,8)24(21)13-14-35-27-20-30(4,5)15-17-34(27,29(38)39-10)18-16-33(35,9)42-35/h13,25-28H,1,11-12,14-20H2,2-10H3/b24-13-/t25-,26+,27-,28+,32-,33+,34+,35+/m1/s1. The van der Waals surface area contributed by atoms with Crippen LogP contribution in [0.4, 0.5) is 0 Å². The summed E-state index contributed by atoms with van der Waals surface area (Å²) in [5.74, 6) is -0.567. The van der Waals surface area contributed by atoms with Crippen LogP contribution in [0, 0.1) is 33.5 Å². The van der Waals surface area contributed by atoms with Gasteiger partial charge in [-0.05, 0) is 87.0 Å². The normalized spacial score (nSPS) is 44.2. The number of carbonyl (C=O) groups is 3. The van der Waals surface area contributed by atoms with Gasteiger partial charge in [0.25, 0.3) is 0 Å². The van der Waals surface area contributed by atoms with Gasteiger partial charge in [-0.15, -0.1) is 0 Å². The number of esters is 3. The van der Waals surface area contributed by atoms with Gasteiger partial charge in [-0.2, -0.15) is 0 Å². The molecule has 0 aromatic carbocycles. The van der Waals surface area contributed by atoms with Crippen LogP contribution in [-0.2, 0) is 33.3 Å². The number of rotatable bonds is 5. The maximum atomic E-state index is 13.5. The molecule has 234 valence electrons. The highest BCUT2D eigenvalue weighted by Crippen LogP contribution is 2.72. The van der Waals surface area contributed by atoms with Gasteiger partial charge in [-0.3, -0.25) is 14.4 Å². The monoisotopic (exact) mass is 584 g/mol. The average molecular weight is 585 g/mol. The summed E-state index contributed by atoms with van der Waals surface area (Å²) in [4.78, 5) is 37.8. The molecule has 0 N–H and O–H groups in total. The fourth-order valence-corrected chi connectivity index (χ4v) is 10.4. The minimum atomic E-state index is -0.557. The van der Waals surface area contributed by atoms with Crippen LogP contribution in [0.1, 0.15) is 113 Å². The predicted octanol–water partition coefficient (Wildman–Crippen LogP) is 6.88. The van der Waals surface area contributed by atoms with Crippen molar-refractivity contribution in [1.29, 1.82) is 0 Å². The number of ether oxygens (including phenoxy) is 4. The van der Waals surface area contributed by atoms with Crippen molar-refractivity contribution >= 4 is 17.9 Å². The molecule has 0 bridgehead atoms. The summed E-state index contributed by atoms with van der Waals surface area (Å²) in [6.45, 7) is 20.7. The smallest absolute Gasteiger partial charge is 0.312 e. The van der Waals surface area contributed by atoms with Crippen LogP contribution in [0.5, 0.6) is 0 Å². The molecule has 0 aromatic rings. The van der Waals surface area contributed by atoms with Crippen molar-refractivity contribution in [2.24, 2.45) is 33.5 Å². The zero-order valence-corrected chi connectivity index (χ0v) is 27.3. The summed E-state index contributed by atoms with van der Waals surface area (Å²) in [7, 11) is 1.52. The number of epoxide rings is 1. The van der Waals surface area contributed by atoms with Crippen molar-refractivity contribution in [2.45, 2.75) is 137 Å². The summed E-state index contributed by atoms with van der Waals surface area (Å²) < 4.78 is 24.0. The fourth-order valence-electron chi connectivity index (χ4n) is 10.4. The van der Waals surface area contributed by atoms with Gasteiger partial charge < -0.3 is 18.9 Å². The molecule has 1 aliphatic heterocycles. The van der Waals surface area contributed by atoms with Gasteiger partial charge in [-0.25, -0.2) is 0 Å². The molecule has 0 radical (unpaired) electrons. The van der Waals surface area contributed by atoms with Crippen molar-refractivity contribution in [2.75, 3.05) is 7.11 Å². The third-order valence-corrected chi connectivity index (χ3v) is 12.4. The van der Waals surface area contributed by atoms with E-state index in [1.165, 1.54) is 26.5 Å². The lowest BCUT2D eigenvalue weighted by Gasteiger charge is -2.59. The maximum Gasteiger partial charge on any atom is 0.312 e. The lowest BCUT2D eigenvalue weighted by molar-refractivity contribution is -0.203. The maximum absolute atomic E-state index is 13.5. The Morgan fingerprint density at radius 1 is 0.929 bits per heavy atom. The largest absolute Gasteiger partial charge is 0.469 e. The molecule has 1 heterocycles. The highest BCUT2D eigenvalue weighted by atomic mass is 16.6. The van der Waals surface area contributed by atoms with Crippen LogP contribution >= 0.6 is 0 Å². The fraction of sp³-hybridized carbons (Fsp3) is 0.800. The van der Waals surface area contributed by atoms with E-state index in [0.29, 0.717) is 12.8 Å². The van der Waals surface area contributed by atoms with Crippen LogP contribution < -0.4 is 0 Å². The second-order valence-electron chi connectivity index (χ2n) is 15.9. The second kappa shape index (κ2) is 9.93. The number of allylic oxidation sites excluding steroid dienone is 2. The molecule has 42 heavy (non-hydrogen) atoms. The molecule has 7 heteroatoms. The van der Waals surface area contributed by atoms with Gasteiger partial charge in [0.2, 0.25) is 0 Å². The molecule has 7 nitrogen and oxygen atoms in total. The molecular weight excluding hydrogens is 532 g/mol. The molecule has 4 saturated carbocycles. The topological polar surface area (TPSA) is 91.4 Å². The van der Waals surface area contributed by atoms with E-state index in [1.54, 1.807) is 0 Å². The van der Waals surface area contributed by atoms with E-state index in [-0.39, 0.29) is 46.2 Å². The molecule has 5 fully saturated rings. The van der Waals surface area contributed by atoms with Crippen LogP contribution in [0.15, 0.2) is 23.8 Å². The minimum Gasteiger partial charge on any atom is -0.469 e. The third-order valence-electron chi connectivity index (χ3n) is 12.4. The van der Waals surface area contributed by atoms with E-state index in [4.69, 9.17) is 18.9 Å². The van der Waals surface area contributed by atoms with E-state index in [9.17, 15) is 14.4 Å². The molecule has 4 aliphatic carbocycles. The Morgan fingerprint density at radius 3 is 2.19 bits per heavy atom. The molecule has 1 saturated heterocycles. The van der Waals surface area contributed by atoms with Crippen molar-refractivity contribution in [3.63, 3.8) is 0 Å². The second-order valence-corrected chi connectivity index (χ2v) is 15.9. The van der Waals surface area contributed by atoms with Crippen LogP contribution in [-0.4, -0.2) is 48.4 Å². The van der Waals surface area contributed by atoms with E-state index in [0.717, 1.165) is 50.5 Å². The van der Waals surface area contributed by atoms with Gasteiger partial charge in [-0.1, -0.05) is 52.8 Å². The number of carbonyl (C=O) groups excluding carboxylic acids is 3. The summed E-state index contributed by atoms with van der Waals surface area (Å²) >= 11 is 0. The minimum absolute atomic E-state index is 0.0715. The Kier molecular flexibility index (Phi) is 7.40. The van der Waals surface area contributed by atoms with Crippen LogP contribution in [0.3, 0.4) is 0 Å². The highest BCUT2D eigenvalue weighted by molar-refractivity contribution is 5.78. The first-order valence-electron chi connectivity index (χ1n) is 15.9. The number of fused-ring (bicyclic) bond motifs is 4. The number of methoxy groups -OCH3 is 1. The molecular formula is C35H52O7. The Balaban J connectivity index is 1.54. The van der Waals surface area contributed by atoms with E-state index in [1.807, 2.05) is 0 Å². The summed E-state index contributed by atoms with van der Waals surface area (Å²) in [5, 5.41) is 0. The molecule has 8 atom stereocenters. The Labute approximate surface area is 252 Å². The van der Waals surface area contributed by atoms with Crippen LogP contribution in [0.25, 0.3) is 0 Å². The molecule has 5 rings (SSSR count). The zero-order valence-electron chi connectivity index (χ0n) is 27.3. The number of hydrogen-bond acceptors (Lipinski definition) is 7. The van der Waals surface area contributed by atoms with Crippen LogP contribution in [0.2, 0.25) is 0 Å². The summed E-state index contributed by atoms with van der Waals surface area (Å²) in [6.07, 6.45) is 8.70. The Bertz CT molecular complexity index is 1210. The summed E-state index contributed by atoms with van der Waals surface area (Å²) in [6, 6.07) is 0. The van der Waals surface area contributed by atoms with E-state index < -0.39 is 28.6 Å². The first kappa shape index (κ1) is 31.3. The lowest BCUT2D eigenvalue weighted by atomic mass is 9.47. The van der Waals surface area contributed by atoms with Gasteiger partial charge in [0.1, 0.15) is 17.8 Å². The SMILES string of the molecule is C=C1CC[C@H]2C(C)(C)[C@@H](OC(C)=O)[C@H](OC(C)=O)C[C@]2(C)/C1=C\C[C@@]12O[C@@]1(C)CC[C@@]1(C(=O)OC)CCC(C)(C)C[C@H]12. The first-order valence-corrected chi connectivity index (χ1v) is 15.9. The van der Waals surface area contributed by atoms with Crippen molar-refractivity contribution in [3.05, 3.63) is 23.8 Å². The quantitative estimate of drug-likeness (QED) is 0.198. The van der Waals surface area contributed by atoms with E-state index >= 15 is 0 Å². The molecule has 5 aliphatic rings. The predicted molar refractivity (Wildman–Crippen MR) is 159 cm³/mol. The summed E-state index contributed by atoms with van der Waals surface area (Å²) in [5.41, 5.74) is 0.428. The van der Waals surface area contributed by atoms with Gasteiger partial charge in [0.15, 0.2) is 0 Å². The molecule has 0 aromatic heterocycles. The van der Waals surface area contributed by atoms with Crippen molar-refractivity contribution in [1.82, 2.24) is 0 Å². The van der Waals surface area contributed by atoms with Gasteiger partial charge >= 0.3 is 17.9 Å². The molecule has 0 unspecified atom stereocenters. The van der Waals surface area contributed by atoms with Gasteiger partial charge in [0.05, 0.1) is 18.1 Å².